The van der Waals surface area contributed by atoms with Crippen molar-refractivity contribution in [3.05, 3.63) is 97.1 Å². The Kier molecular flexibility index (Phi) is 5.25. The first-order valence-electron chi connectivity index (χ1n) is 13.0. The van der Waals surface area contributed by atoms with Gasteiger partial charge in [-0.2, -0.15) is 0 Å². The van der Waals surface area contributed by atoms with Crippen LogP contribution in [-0.4, -0.2) is 62.9 Å². The van der Waals surface area contributed by atoms with Gasteiger partial charge in [0.15, 0.2) is 23.3 Å². The first-order valence-corrected chi connectivity index (χ1v) is 13.0. The number of aromatic amines is 2. The van der Waals surface area contributed by atoms with Crippen molar-refractivity contribution in [1.29, 1.82) is 0 Å². The number of fused-ring (bicyclic) bond motifs is 20. The molecular weight excluding hydrogens is 521 g/mol. The van der Waals surface area contributed by atoms with E-state index in [-0.39, 0.29) is 23.1 Å². The molecule has 0 amide bonds. The minimum Gasteiger partial charge on any atom is -0.324 e. The first-order chi connectivity index (χ1) is 19.8. The number of nitrogens with one attached hydrogen (secondary N) is 2. The fraction of sp³-hybridized carbons (Fsp3) is 0. The Labute approximate surface area is 248 Å². The van der Waals surface area contributed by atoms with E-state index < -0.39 is 0 Å². The highest BCUT2D eigenvalue weighted by molar-refractivity contribution is 6.06. The van der Waals surface area contributed by atoms with Crippen LogP contribution >= 0.6 is 0 Å². The normalized spacial score (nSPS) is 11.7. The molecule has 0 saturated heterocycles. The molecule has 4 aromatic carbocycles. The first kappa shape index (κ1) is 23.9. The summed E-state index contributed by atoms with van der Waals surface area (Å²) in [5, 5.41) is 3.82. The topological polar surface area (TPSA) is 109 Å². The van der Waals surface area contributed by atoms with Gasteiger partial charge in [-0.05, 0) is 0 Å². The lowest BCUT2D eigenvalue weighted by Crippen LogP contribution is -1.82. The third-order valence-electron chi connectivity index (χ3n) is 7.46. The molecule has 8 bridgehead atoms. The standard InChI is InChI=1S/C32H18N8.Mg.2H/c1-2-10-18-17(9-1)25-33-26(18)38-28-21-13-5-6-14-22(21)30(35-28)40-32-24-16-8-7-15-23(24)31(36-32)39-29-20-12-4-3-11-19(20)27(34-29)37-25;;;/h1-16H,(H2,33,34,35,36,37,38,39,40);;;. The molecule has 0 spiro atoms. The summed E-state index contributed by atoms with van der Waals surface area (Å²) in [5.41, 5.74) is 6.45. The lowest BCUT2D eigenvalue weighted by atomic mass is 10.1. The van der Waals surface area contributed by atoms with Crippen LogP contribution in [0.4, 0.5) is 0 Å². The minimum absolute atomic E-state index is 0. The summed E-state index contributed by atoms with van der Waals surface area (Å²) < 4.78 is 0. The second kappa shape index (κ2) is 9.02. The Morgan fingerprint density at radius 3 is 0.829 bits per heavy atom. The molecule has 9 heteroatoms. The molecule has 190 valence electrons. The number of H-pyrrole nitrogens is 2. The molecule has 41 heavy (non-hydrogen) atoms. The molecule has 0 unspecified atom stereocenters. The summed E-state index contributed by atoms with van der Waals surface area (Å²) >= 11 is 0. The molecule has 3 aromatic heterocycles. The highest BCUT2D eigenvalue weighted by Gasteiger charge is 2.21. The molecule has 2 aliphatic heterocycles. The van der Waals surface area contributed by atoms with Crippen LogP contribution in [0.5, 0.6) is 0 Å². The SMILES string of the molecule is [MgH2].c1ccc2c(c1)-c1nc-2nc2[nH]c(nc3nc(nc4[nH]c(n1)c1ccccc41)-c1ccccc1-3)c1ccccc21. The van der Waals surface area contributed by atoms with Crippen molar-refractivity contribution >= 4 is 67.2 Å². The van der Waals surface area contributed by atoms with Crippen molar-refractivity contribution in [2.75, 3.05) is 0 Å². The van der Waals surface area contributed by atoms with E-state index in [1.54, 1.807) is 0 Å². The van der Waals surface area contributed by atoms with E-state index in [1.807, 2.05) is 97.1 Å². The average Bonchev–Trinajstić information content (AvgIpc) is 3.73. The minimum atomic E-state index is 0. The van der Waals surface area contributed by atoms with Crippen molar-refractivity contribution in [3.63, 3.8) is 0 Å². The number of rotatable bonds is 0. The molecule has 7 aromatic rings. The summed E-state index contributed by atoms with van der Waals surface area (Å²) in [6, 6.07) is 32.2. The second-order valence-electron chi connectivity index (χ2n) is 9.79. The highest BCUT2D eigenvalue weighted by atomic mass is 24.3. The van der Waals surface area contributed by atoms with Crippen LogP contribution in [0.2, 0.25) is 0 Å². The van der Waals surface area contributed by atoms with Crippen LogP contribution < -0.4 is 0 Å². The van der Waals surface area contributed by atoms with Crippen molar-refractivity contribution in [2.24, 2.45) is 0 Å². The van der Waals surface area contributed by atoms with Gasteiger partial charge in [-0.15, -0.1) is 0 Å². The second-order valence-corrected chi connectivity index (χ2v) is 9.79. The third kappa shape index (κ3) is 3.59. The van der Waals surface area contributed by atoms with Gasteiger partial charge in [0.1, 0.15) is 22.6 Å². The summed E-state index contributed by atoms with van der Waals surface area (Å²) in [4.78, 5) is 36.8. The van der Waals surface area contributed by atoms with Gasteiger partial charge in [-0.1, -0.05) is 97.1 Å². The van der Waals surface area contributed by atoms with Gasteiger partial charge in [0, 0.05) is 43.8 Å². The number of hydrogen-bond donors (Lipinski definition) is 2. The lowest BCUT2D eigenvalue weighted by molar-refractivity contribution is 1.19. The Balaban J connectivity index is 0.00000256. The van der Waals surface area contributed by atoms with E-state index in [1.165, 1.54) is 0 Å². The Morgan fingerprint density at radius 1 is 0.317 bits per heavy atom. The summed E-state index contributed by atoms with van der Waals surface area (Å²) in [7, 11) is 0. The molecule has 8 nitrogen and oxygen atoms in total. The maximum Gasteiger partial charge on any atom is 0.316 e. The van der Waals surface area contributed by atoms with Gasteiger partial charge < -0.3 is 9.97 Å². The van der Waals surface area contributed by atoms with Gasteiger partial charge in [-0.25, -0.2) is 29.9 Å². The van der Waals surface area contributed by atoms with Crippen LogP contribution in [0.25, 0.3) is 89.7 Å². The quantitative estimate of drug-likeness (QED) is 0.230. The van der Waals surface area contributed by atoms with Gasteiger partial charge in [-0.3, -0.25) is 0 Å². The van der Waals surface area contributed by atoms with Gasteiger partial charge in [0.2, 0.25) is 0 Å². The molecule has 0 radical (unpaired) electrons. The zero-order valence-corrected chi connectivity index (χ0v) is 20.9. The number of nitrogens with zero attached hydrogens (tertiary/aromatic N) is 6. The van der Waals surface area contributed by atoms with Crippen LogP contribution in [0.1, 0.15) is 0 Å². The summed E-state index contributed by atoms with van der Waals surface area (Å²) in [6.45, 7) is 0. The predicted molar refractivity (Wildman–Crippen MR) is 165 cm³/mol. The van der Waals surface area contributed by atoms with E-state index in [0.29, 0.717) is 45.9 Å². The van der Waals surface area contributed by atoms with Gasteiger partial charge >= 0.3 is 23.1 Å². The van der Waals surface area contributed by atoms with Gasteiger partial charge in [0.25, 0.3) is 0 Å². The number of aromatic nitrogens is 8. The zero-order valence-electron chi connectivity index (χ0n) is 20.9. The van der Waals surface area contributed by atoms with E-state index in [0.717, 1.165) is 43.8 Å². The Hall–Kier alpha value is -4.99. The van der Waals surface area contributed by atoms with Crippen LogP contribution in [0.3, 0.4) is 0 Å². The van der Waals surface area contributed by atoms with Crippen LogP contribution in [-0.2, 0) is 0 Å². The van der Waals surface area contributed by atoms with E-state index in [2.05, 4.69) is 9.97 Å². The predicted octanol–water partition coefficient (Wildman–Crippen LogP) is 5.95. The molecule has 2 N–H and O–H groups in total. The average molecular weight is 541 g/mol. The third-order valence-corrected chi connectivity index (χ3v) is 7.46. The van der Waals surface area contributed by atoms with E-state index >= 15 is 0 Å². The van der Waals surface area contributed by atoms with Crippen molar-refractivity contribution in [3.8, 4) is 45.6 Å². The number of benzene rings is 4. The molecule has 2 aliphatic rings. The van der Waals surface area contributed by atoms with Crippen molar-refractivity contribution in [2.45, 2.75) is 0 Å². The lowest BCUT2D eigenvalue weighted by Gasteiger charge is -1.96. The highest BCUT2D eigenvalue weighted by Crippen LogP contribution is 2.36. The molecular formula is C32H20MgN8. The van der Waals surface area contributed by atoms with Crippen LogP contribution in [0, 0.1) is 0 Å². The molecule has 0 saturated carbocycles. The molecule has 0 aliphatic carbocycles. The van der Waals surface area contributed by atoms with Crippen molar-refractivity contribution < 1.29 is 0 Å². The fourth-order valence-corrected chi connectivity index (χ4v) is 5.59. The fourth-order valence-electron chi connectivity index (χ4n) is 5.59. The number of hydrogen-bond acceptors (Lipinski definition) is 6. The Bertz CT molecular complexity index is 2030. The van der Waals surface area contributed by atoms with Gasteiger partial charge in [0.05, 0.1) is 0 Å². The smallest absolute Gasteiger partial charge is 0.316 e. The van der Waals surface area contributed by atoms with Crippen LogP contribution in [0.15, 0.2) is 97.1 Å². The summed E-state index contributed by atoms with van der Waals surface area (Å²) in [5.74, 6) is 2.39. The maximum absolute atomic E-state index is 5.02. The monoisotopic (exact) mass is 540 g/mol. The largest absolute Gasteiger partial charge is 0.324 e. The molecule has 9 rings (SSSR count). The van der Waals surface area contributed by atoms with Crippen molar-refractivity contribution in [1.82, 2.24) is 39.9 Å². The Morgan fingerprint density at radius 2 is 0.561 bits per heavy atom. The molecule has 0 fully saturated rings. The van der Waals surface area contributed by atoms with E-state index in [9.17, 15) is 0 Å². The summed E-state index contributed by atoms with van der Waals surface area (Å²) in [6.07, 6.45) is 0. The van der Waals surface area contributed by atoms with E-state index in [4.69, 9.17) is 29.9 Å². The zero-order chi connectivity index (χ0) is 26.2. The maximum atomic E-state index is 5.02. The molecule has 5 heterocycles. The molecule has 0 atom stereocenters.